The summed E-state index contributed by atoms with van der Waals surface area (Å²) in [6, 6.07) is 7.18. The molecule has 3 saturated carbocycles. The van der Waals surface area contributed by atoms with E-state index in [4.69, 9.17) is 14.2 Å². The fourth-order valence-corrected chi connectivity index (χ4v) is 10.4. The van der Waals surface area contributed by atoms with Gasteiger partial charge in [-0.1, -0.05) is 31.1 Å². The topological polar surface area (TPSA) is 157 Å². The monoisotopic (exact) mass is 831 g/mol. The molecule has 4 fully saturated rings. The fourth-order valence-electron chi connectivity index (χ4n) is 9.04. The van der Waals surface area contributed by atoms with Gasteiger partial charge in [0.2, 0.25) is 21.8 Å². The molecule has 1 saturated heterocycles. The van der Waals surface area contributed by atoms with Crippen LogP contribution in [0.3, 0.4) is 0 Å². The second kappa shape index (κ2) is 15.9. The number of unbranched alkanes of at least 4 members (excludes halogenated alkanes) is 3. The zero-order chi connectivity index (χ0) is 42.5. The van der Waals surface area contributed by atoms with E-state index in [-0.39, 0.29) is 31.7 Å². The van der Waals surface area contributed by atoms with E-state index in [1.807, 2.05) is 18.2 Å². The maximum Gasteiger partial charge on any atom is 0.307 e. The molecule has 1 spiro atoms. The fraction of sp³-hybridized carbons (Fsp3) is 0.609. The molecular weight excluding hydrogens is 771 g/mol. The lowest BCUT2D eigenvalue weighted by Crippen LogP contribution is -2.57. The number of methoxy groups -OCH3 is 1. The first-order valence-corrected chi connectivity index (χ1v) is 22.8. The highest BCUT2D eigenvalue weighted by Crippen LogP contribution is 2.53. The zero-order valence-electron chi connectivity index (χ0n) is 35.3. The van der Waals surface area contributed by atoms with Crippen LogP contribution in [0.2, 0.25) is 0 Å². The zero-order valence-corrected chi connectivity index (χ0v) is 36.1. The molecular formula is C46H61N3O9S. The Morgan fingerprint density at radius 2 is 1.80 bits per heavy atom. The molecule has 2 N–H and O–H groups in total. The maximum atomic E-state index is 15.0. The van der Waals surface area contributed by atoms with Crippen LogP contribution < -0.4 is 19.5 Å². The number of hydrogen-bond donors (Lipinski definition) is 2. The molecule has 7 rings (SSSR count). The van der Waals surface area contributed by atoms with Crippen molar-refractivity contribution >= 4 is 44.5 Å². The molecule has 3 amide bonds. The maximum absolute atomic E-state index is 15.0. The largest absolute Gasteiger partial charge is 0.497 e. The van der Waals surface area contributed by atoms with Gasteiger partial charge in [-0.05, 0) is 132 Å². The van der Waals surface area contributed by atoms with Gasteiger partial charge in [-0.2, -0.15) is 0 Å². The van der Waals surface area contributed by atoms with Gasteiger partial charge in [0.05, 0.1) is 24.8 Å². The molecule has 2 aromatic rings. The Kier molecular flexibility index (Phi) is 11.5. The number of nitrogens with zero attached hydrogens (tertiary/aromatic N) is 1. The van der Waals surface area contributed by atoms with E-state index in [0.29, 0.717) is 44.4 Å². The Morgan fingerprint density at radius 1 is 1.05 bits per heavy atom. The summed E-state index contributed by atoms with van der Waals surface area (Å²) in [4.78, 5) is 58.5. The van der Waals surface area contributed by atoms with Gasteiger partial charge in [0, 0.05) is 23.8 Å². The standard InChI is InChI=1S/C46H61N3O9S/c1-8-10-11-12-13-14-31(24-38(50)57-43(3,4)5)41(52)49-28-45(20-19-34-35-25-33(56-7)18-17-30(35)23-36(29-15-16-29)39(34)58-45)27-37(49)40(51)47-46(26-32(46)9-2)42(53)48-59(54,55)44(6)21-22-44/h8-9,17-18,23,25,29,31-32,37H,1-2,10-16,19-22,24,26-28H2,3-7H3,(H,47,51)(H,48,53)/t31-,32-,37+,45-,46-/m1/s1. The van der Waals surface area contributed by atoms with Crippen molar-refractivity contribution in [2.24, 2.45) is 11.8 Å². The van der Waals surface area contributed by atoms with Crippen molar-refractivity contribution in [1.82, 2.24) is 14.9 Å². The van der Waals surface area contributed by atoms with E-state index in [0.717, 1.165) is 65.5 Å². The predicted molar refractivity (Wildman–Crippen MR) is 225 cm³/mol. The van der Waals surface area contributed by atoms with Crippen LogP contribution in [-0.2, 0) is 40.4 Å². The van der Waals surface area contributed by atoms with E-state index < -0.39 is 67.2 Å². The summed E-state index contributed by atoms with van der Waals surface area (Å²) < 4.78 is 46.0. The summed E-state index contributed by atoms with van der Waals surface area (Å²) >= 11 is 0. The molecule has 2 heterocycles. The van der Waals surface area contributed by atoms with Gasteiger partial charge >= 0.3 is 5.97 Å². The Morgan fingerprint density at radius 3 is 2.42 bits per heavy atom. The number of rotatable bonds is 17. The molecule has 12 nitrogen and oxygen atoms in total. The molecule has 13 heteroatoms. The number of hydrogen-bond acceptors (Lipinski definition) is 9. The minimum Gasteiger partial charge on any atom is -0.497 e. The average Bonchev–Trinajstić information content (AvgIpc) is 4.11. The summed E-state index contributed by atoms with van der Waals surface area (Å²) in [5, 5.41) is 5.08. The van der Waals surface area contributed by atoms with Crippen LogP contribution in [0, 0.1) is 11.8 Å². The van der Waals surface area contributed by atoms with Gasteiger partial charge in [-0.25, -0.2) is 8.42 Å². The molecule has 0 aromatic heterocycles. The van der Waals surface area contributed by atoms with Crippen molar-refractivity contribution in [3.8, 4) is 11.5 Å². The number of allylic oxidation sites excluding steroid dienone is 1. The van der Waals surface area contributed by atoms with Crippen molar-refractivity contribution < 1.29 is 41.8 Å². The number of amides is 3. The van der Waals surface area contributed by atoms with E-state index in [1.165, 1.54) is 0 Å². The highest BCUT2D eigenvalue weighted by molar-refractivity contribution is 7.91. The van der Waals surface area contributed by atoms with Gasteiger partial charge in [-0.15, -0.1) is 13.2 Å². The van der Waals surface area contributed by atoms with Crippen LogP contribution >= 0.6 is 0 Å². The number of esters is 1. The Hall–Kier alpha value is -4.39. The molecule has 3 aliphatic carbocycles. The van der Waals surface area contributed by atoms with E-state index in [1.54, 1.807) is 45.8 Å². The van der Waals surface area contributed by atoms with Crippen molar-refractivity contribution in [2.75, 3.05) is 13.7 Å². The lowest BCUT2D eigenvalue weighted by Gasteiger charge is -2.37. The molecule has 2 aromatic carbocycles. The summed E-state index contributed by atoms with van der Waals surface area (Å²) in [7, 11) is -2.35. The minimum atomic E-state index is -3.99. The first-order valence-electron chi connectivity index (χ1n) is 21.3. The Labute approximate surface area is 348 Å². The molecule has 59 heavy (non-hydrogen) atoms. The molecule has 0 radical (unpaired) electrons. The average molecular weight is 832 g/mol. The van der Waals surface area contributed by atoms with Gasteiger partial charge < -0.3 is 24.4 Å². The lowest BCUT2D eigenvalue weighted by molar-refractivity contribution is -0.159. The second-order valence-electron chi connectivity index (χ2n) is 18.9. The van der Waals surface area contributed by atoms with E-state index in [2.05, 4.69) is 35.3 Å². The molecule has 2 aliphatic heterocycles. The van der Waals surface area contributed by atoms with Crippen molar-refractivity contribution in [3.05, 3.63) is 60.7 Å². The molecule has 0 bridgehead atoms. The van der Waals surface area contributed by atoms with Crippen LogP contribution in [0.25, 0.3) is 10.8 Å². The molecule has 0 unspecified atom stereocenters. The highest BCUT2D eigenvalue weighted by Gasteiger charge is 2.64. The summed E-state index contributed by atoms with van der Waals surface area (Å²) in [5.74, 6) is -1.62. The quantitative estimate of drug-likeness (QED) is 0.0980. The van der Waals surface area contributed by atoms with E-state index >= 15 is 4.79 Å². The third-order valence-electron chi connectivity index (χ3n) is 13.1. The number of ether oxygens (including phenoxy) is 3. The third kappa shape index (κ3) is 8.77. The van der Waals surface area contributed by atoms with Crippen LogP contribution in [0.15, 0.2) is 49.6 Å². The summed E-state index contributed by atoms with van der Waals surface area (Å²) in [5.41, 5.74) is -1.04. The number of carbonyl (C=O) groups is 4. The van der Waals surface area contributed by atoms with Gasteiger partial charge in [0.25, 0.3) is 5.91 Å². The number of sulfonamides is 1. The number of likely N-dealkylation sites (tertiary alicyclic amines) is 1. The minimum absolute atomic E-state index is 0.0989. The Balaban J connectivity index is 1.22. The number of carbonyl (C=O) groups excluding carboxylic acids is 4. The van der Waals surface area contributed by atoms with Crippen LogP contribution in [0.5, 0.6) is 11.5 Å². The van der Waals surface area contributed by atoms with Crippen LogP contribution in [0.4, 0.5) is 0 Å². The lowest BCUT2D eigenvalue weighted by atomic mass is 9.85. The highest BCUT2D eigenvalue weighted by atomic mass is 32.2. The van der Waals surface area contributed by atoms with Crippen molar-refractivity contribution in [3.63, 3.8) is 0 Å². The van der Waals surface area contributed by atoms with Gasteiger partial charge in [-0.3, -0.25) is 23.9 Å². The molecule has 5 aliphatic rings. The first-order chi connectivity index (χ1) is 27.9. The SMILES string of the molecule is C=CCCCCC[C@H](CC(=O)OC(C)(C)C)C(=O)N1C[C@@]2(CCc3c(c(C4CC4)cc4ccc(OC)cc34)O2)C[C@H]1C(=O)N[C@]1(C(=O)NS(=O)(=O)C2(C)CC2)C[C@H]1C=C. The molecule has 5 atom stereocenters. The number of nitrogens with one attached hydrogen (secondary N) is 2. The van der Waals surface area contributed by atoms with Gasteiger partial charge in [0.15, 0.2) is 0 Å². The van der Waals surface area contributed by atoms with E-state index in [9.17, 15) is 22.8 Å². The smallest absolute Gasteiger partial charge is 0.307 e. The molecule has 320 valence electrons. The number of aryl methyl sites for hydroxylation is 1. The van der Waals surface area contributed by atoms with Crippen LogP contribution in [-0.4, -0.2) is 78.2 Å². The van der Waals surface area contributed by atoms with Crippen molar-refractivity contribution in [2.45, 2.75) is 151 Å². The predicted octanol–water partition coefficient (Wildman–Crippen LogP) is 6.93. The third-order valence-corrected chi connectivity index (χ3v) is 15.3. The van der Waals surface area contributed by atoms with Crippen molar-refractivity contribution in [1.29, 1.82) is 0 Å². The van der Waals surface area contributed by atoms with Gasteiger partial charge in [0.1, 0.15) is 34.3 Å². The Bertz CT molecular complexity index is 2150. The number of benzene rings is 2. The summed E-state index contributed by atoms with van der Waals surface area (Å²) in [6.07, 6.45) is 11.4. The second-order valence-corrected chi connectivity index (χ2v) is 21.1. The van der Waals surface area contributed by atoms with Crippen LogP contribution in [0.1, 0.15) is 128 Å². The number of fused-ring (bicyclic) bond motifs is 3. The normalized spacial score (nSPS) is 25.9. The first kappa shape index (κ1) is 42.7. The summed E-state index contributed by atoms with van der Waals surface area (Å²) in [6.45, 7) is 14.7.